The number of unbranched alkanes of at least 4 members (excludes halogenated alkanes) is 6. The predicted octanol–water partition coefficient (Wildman–Crippen LogP) is 13.1. The Bertz CT molecular complexity index is 2630. The molecule has 448 valence electrons. The Kier molecular flexibility index (Phi) is 30.9. The number of quaternary nitrogens is 2. The first-order chi connectivity index (χ1) is 40.7. The van der Waals surface area contributed by atoms with E-state index < -0.39 is 26.2 Å². The summed E-state index contributed by atoms with van der Waals surface area (Å²) in [6.07, 6.45) is 16.5. The highest BCUT2D eigenvalue weighted by Crippen LogP contribution is 2.15. The van der Waals surface area contributed by atoms with Gasteiger partial charge < -0.3 is 9.80 Å². The van der Waals surface area contributed by atoms with E-state index in [1.165, 1.54) is 196 Å². The fourth-order valence-corrected chi connectivity index (χ4v) is 24.1. The van der Waals surface area contributed by atoms with Crippen LogP contribution < -0.4 is 45.2 Å². The van der Waals surface area contributed by atoms with Crippen LogP contribution in [0.2, 0.25) is 0 Å². The maximum Gasteiger partial charge on any atom is 0.267 e. The number of aryl methyl sites for hydroxylation is 8. The second-order valence-electron chi connectivity index (χ2n) is 25.2. The number of benzene rings is 8. The van der Waals surface area contributed by atoms with Crippen LogP contribution in [0, 0.1) is 55.4 Å². The van der Waals surface area contributed by atoms with Gasteiger partial charge in [0, 0.05) is 0 Å². The number of hydrogen-bond donors (Lipinski definition) is 2. The lowest BCUT2D eigenvalue weighted by molar-refractivity contribution is -0.900. The van der Waals surface area contributed by atoms with E-state index in [0.29, 0.717) is 0 Å². The Morgan fingerprint density at radius 2 is 0.393 bits per heavy atom. The lowest BCUT2D eigenvalue weighted by atomic mass is 10.2. The molecule has 0 radical (unpaired) electrons. The molecule has 8 aromatic rings. The first-order valence-electron chi connectivity index (χ1n) is 33.2. The van der Waals surface area contributed by atoms with Gasteiger partial charge in [0.2, 0.25) is 0 Å². The third-order valence-electron chi connectivity index (χ3n) is 17.8. The molecule has 0 saturated carbocycles. The van der Waals surface area contributed by atoms with Crippen molar-refractivity contribution in [2.45, 2.75) is 174 Å². The van der Waals surface area contributed by atoms with E-state index in [2.05, 4.69) is 291 Å². The van der Waals surface area contributed by atoms with E-state index in [1.54, 1.807) is 0 Å². The van der Waals surface area contributed by atoms with Gasteiger partial charge in [-0.3, -0.25) is 0 Å². The quantitative estimate of drug-likeness (QED) is 0.0500. The molecule has 84 heavy (non-hydrogen) atoms. The second kappa shape index (κ2) is 37.3. The zero-order valence-corrected chi connectivity index (χ0v) is 57.7. The maximum atomic E-state index is 2.41. The molecule has 0 bridgehead atoms. The summed E-state index contributed by atoms with van der Waals surface area (Å²) in [6, 6.07) is 73.8. The maximum absolute atomic E-state index is 2.84. The van der Waals surface area contributed by atoms with Gasteiger partial charge in [0.15, 0.2) is 0 Å². The summed E-state index contributed by atoms with van der Waals surface area (Å²) in [6.45, 7) is 39.6. The SMILES string of the molecule is CCCC[NH+](CCCC)CCCC.CCCC[NH+](CCCC)CCCC.Cc1cc[c]([Al-]([c]2ccc(C)cc2)([c]2ccc(C)cc2)[c]2ccc(C)cc2)cc1.Cc1ccc[c]([Al-]([c]2cccc(C)c2)([c]2cccc(C)c2)[c]2cccc(C)c2)c1. The first-order valence-corrected chi connectivity index (χ1v) is 37.9. The van der Waals surface area contributed by atoms with Crippen LogP contribution in [0.5, 0.6) is 0 Å². The van der Waals surface area contributed by atoms with Gasteiger partial charge in [0.25, 0.3) is 26.2 Å². The Morgan fingerprint density at radius 1 is 0.214 bits per heavy atom. The van der Waals surface area contributed by atoms with Crippen molar-refractivity contribution >= 4 is 61.6 Å². The van der Waals surface area contributed by atoms with E-state index in [1.807, 2.05) is 9.80 Å². The Balaban J connectivity index is 0.000000220. The minimum absolute atomic E-state index is 1.30. The number of hydrogen-bond acceptors (Lipinski definition) is 0. The van der Waals surface area contributed by atoms with Crippen LogP contribution in [0.15, 0.2) is 194 Å². The van der Waals surface area contributed by atoms with Gasteiger partial charge in [-0.15, -0.1) is 97.1 Å². The van der Waals surface area contributed by atoms with Crippen molar-refractivity contribution in [2.75, 3.05) is 39.3 Å². The fraction of sp³-hybridized carbons (Fsp3) is 0.400. The van der Waals surface area contributed by atoms with Gasteiger partial charge in [-0.1, -0.05) is 222 Å². The standard InChI is InChI=1S/2C12H27N.8C7H7.2Al/c2*1-4-7-10-13(11-8-5-2)12-9-6-3;8*1-7-5-3-2-4-6-7;;/h2*4-12H2,1-3H3;4*3-6H,1H3;4*2-3,5-6H,1H3;;/q;;;;;;;;;;2*-1/p+2. The molecule has 0 aromatic heterocycles. The van der Waals surface area contributed by atoms with Crippen molar-refractivity contribution < 1.29 is 9.80 Å². The Hall–Kier alpha value is -5.26. The molecule has 0 aliphatic rings. The van der Waals surface area contributed by atoms with Crippen LogP contribution in [0.1, 0.15) is 163 Å². The highest BCUT2D eigenvalue weighted by atomic mass is 27.2. The summed E-state index contributed by atoms with van der Waals surface area (Å²) < 4.78 is 11.7. The van der Waals surface area contributed by atoms with Crippen molar-refractivity contribution in [3.63, 3.8) is 0 Å². The van der Waals surface area contributed by atoms with E-state index in [-0.39, 0.29) is 0 Å². The normalized spacial score (nSPS) is 11.3. The summed E-state index contributed by atoms with van der Waals surface area (Å²) in [5.74, 6) is 0. The summed E-state index contributed by atoms with van der Waals surface area (Å²) >= 11 is -5.64. The van der Waals surface area contributed by atoms with Crippen molar-refractivity contribution in [3.8, 4) is 0 Å². The van der Waals surface area contributed by atoms with Gasteiger partial charge in [-0.05, 0) is 93.9 Å². The Labute approximate surface area is 519 Å². The summed E-state index contributed by atoms with van der Waals surface area (Å²) in [7, 11) is 0. The molecule has 0 atom stereocenters. The van der Waals surface area contributed by atoms with E-state index in [4.69, 9.17) is 0 Å². The predicted molar refractivity (Wildman–Crippen MR) is 379 cm³/mol. The first kappa shape index (κ1) is 69.5. The molecule has 0 unspecified atom stereocenters. The molecule has 0 spiro atoms. The number of rotatable bonds is 26. The largest absolute Gasteiger partial charge is 0.335 e. The topological polar surface area (TPSA) is 8.88 Å². The third-order valence-corrected chi connectivity index (χ3v) is 28.8. The zero-order chi connectivity index (χ0) is 60.7. The van der Waals surface area contributed by atoms with Crippen molar-refractivity contribution in [2.24, 2.45) is 0 Å². The van der Waals surface area contributed by atoms with Crippen LogP contribution in [-0.2, 0) is 0 Å². The van der Waals surface area contributed by atoms with Crippen LogP contribution >= 0.6 is 0 Å². The third kappa shape index (κ3) is 20.4. The molecule has 0 amide bonds. The van der Waals surface area contributed by atoms with Crippen LogP contribution in [0.25, 0.3) is 0 Å². The number of nitrogens with one attached hydrogen (secondary N) is 2. The molecule has 8 rings (SSSR count). The second-order valence-corrected chi connectivity index (χ2v) is 34.0. The van der Waals surface area contributed by atoms with Crippen LogP contribution in [0.4, 0.5) is 0 Å². The van der Waals surface area contributed by atoms with Gasteiger partial charge in [-0.25, -0.2) is 35.4 Å². The van der Waals surface area contributed by atoms with Crippen LogP contribution in [-0.4, -0.2) is 65.4 Å². The molecular formula is C80H112Al2N2. The van der Waals surface area contributed by atoms with Gasteiger partial charge >= 0.3 is 0 Å². The van der Waals surface area contributed by atoms with Crippen molar-refractivity contribution in [1.29, 1.82) is 0 Å². The minimum Gasteiger partial charge on any atom is -0.335 e. The van der Waals surface area contributed by atoms with E-state index in [0.717, 1.165) is 0 Å². The van der Waals surface area contributed by atoms with Crippen molar-refractivity contribution in [3.05, 3.63) is 239 Å². The lowest BCUT2D eigenvalue weighted by Crippen LogP contribution is -3.12. The van der Waals surface area contributed by atoms with Crippen LogP contribution in [0.3, 0.4) is 0 Å². The molecule has 2 N–H and O–H groups in total. The van der Waals surface area contributed by atoms with Crippen molar-refractivity contribution in [1.82, 2.24) is 0 Å². The Morgan fingerprint density at radius 3 is 0.560 bits per heavy atom. The molecule has 0 saturated heterocycles. The minimum atomic E-state index is -2.84. The highest BCUT2D eigenvalue weighted by Gasteiger charge is 2.38. The van der Waals surface area contributed by atoms with Gasteiger partial charge in [0.1, 0.15) is 0 Å². The molecule has 0 fully saturated rings. The molecule has 0 aliphatic carbocycles. The summed E-state index contributed by atoms with van der Waals surface area (Å²) in [5.41, 5.74) is 10.5. The molecule has 2 nitrogen and oxygen atoms in total. The van der Waals surface area contributed by atoms with Gasteiger partial charge in [-0.2, -0.15) is 0 Å². The highest BCUT2D eigenvalue weighted by molar-refractivity contribution is 7.20. The van der Waals surface area contributed by atoms with E-state index in [9.17, 15) is 0 Å². The zero-order valence-electron chi connectivity index (χ0n) is 55.4. The monoisotopic (exact) mass is 1150 g/mol. The van der Waals surface area contributed by atoms with E-state index >= 15 is 0 Å². The molecule has 4 heteroatoms. The average molecular weight is 1160 g/mol. The van der Waals surface area contributed by atoms with Gasteiger partial charge in [0.05, 0.1) is 39.3 Å². The lowest BCUT2D eigenvalue weighted by Gasteiger charge is -2.41. The average Bonchev–Trinajstić information content (AvgIpc) is 0.925. The molecule has 8 aromatic carbocycles. The summed E-state index contributed by atoms with van der Waals surface area (Å²) in [5, 5.41) is 0. The summed E-state index contributed by atoms with van der Waals surface area (Å²) in [4.78, 5) is 3.68. The molecular weight excluding hydrogens is 1040 g/mol. The smallest absolute Gasteiger partial charge is 0.267 e. The fourth-order valence-electron chi connectivity index (χ4n) is 12.8. The molecule has 0 aliphatic heterocycles. The molecule has 0 heterocycles.